The van der Waals surface area contributed by atoms with Crippen molar-refractivity contribution < 1.29 is 14.3 Å². The van der Waals surface area contributed by atoms with Crippen molar-refractivity contribution in [2.75, 3.05) is 0 Å². The van der Waals surface area contributed by atoms with Crippen LogP contribution in [0.5, 0.6) is 11.5 Å². The van der Waals surface area contributed by atoms with E-state index in [9.17, 15) is 9.90 Å². The highest BCUT2D eigenvalue weighted by Crippen LogP contribution is 2.35. The molecule has 2 aromatic rings. The smallest absolute Gasteiger partial charge is 0.378 e. The zero-order valence-electron chi connectivity index (χ0n) is 10.1. The molecule has 3 rings (SSSR count). The number of hydrogen-bond acceptors (Lipinski definition) is 4. The van der Waals surface area contributed by atoms with Crippen LogP contribution in [0.3, 0.4) is 0 Å². The van der Waals surface area contributed by atoms with Gasteiger partial charge in [0.05, 0.1) is 5.56 Å². The van der Waals surface area contributed by atoms with E-state index in [0.29, 0.717) is 16.7 Å². The van der Waals surface area contributed by atoms with Crippen LogP contribution in [-0.4, -0.2) is 10.7 Å². The van der Waals surface area contributed by atoms with Crippen LogP contribution in [0.4, 0.5) is 0 Å². The summed E-state index contributed by atoms with van der Waals surface area (Å²) >= 11 is 0. The summed E-state index contributed by atoms with van der Waals surface area (Å²) in [7, 11) is 0. The highest BCUT2D eigenvalue weighted by molar-refractivity contribution is 5.89. The van der Waals surface area contributed by atoms with Gasteiger partial charge >= 0.3 is 5.63 Å². The van der Waals surface area contributed by atoms with Gasteiger partial charge in [0.2, 0.25) is 5.75 Å². The zero-order valence-corrected chi connectivity index (χ0v) is 10.1. The minimum absolute atomic E-state index is 0.377. The first kappa shape index (κ1) is 10.9. The Kier molecular flexibility index (Phi) is 2.05. The second-order valence-electron chi connectivity index (χ2n) is 4.85. The van der Waals surface area contributed by atoms with Gasteiger partial charge in [0, 0.05) is 5.39 Å². The summed E-state index contributed by atoms with van der Waals surface area (Å²) in [5.41, 5.74) is 0.0397. The molecule has 0 radical (unpaired) electrons. The van der Waals surface area contributed by atoms with Gasteiger partial charge in [-0.15, -0.1) is 0 Å². The maximum absolute atomic E-state index is 11.4. The van der Waals surface area contributed by atoms with Gasteiger partial charge in [-0.3, -0.25) is 0 Å². The van der Waals surface area contributed by atoms with Crippen LogP contribution >= 0.6 is 0 Å². The number of ether oxygens (including phenoxy) is 1. The van der Waals surface area contributed by atoms with Gasteiger partial charge in [0.25, 0.3) is 0 Å². The zero-order chi connectivity index (χ0) is 12.9. The summed E-state index contributed by atoms with van der Waals surface area (Å²) < 4.78 is 10.9. The second-order valence-corrected chi connectivity index (χ2v) is 4.85. The molecule has 4 heteroatoms. The molecule has 0 amide bonds. The summed E-state index contributed by atoms with van der Waals surface area (Å²) in [6, 6.07) is 4.96. The van der Waals surface area contributed by atoms with E-state index in [1.165, 1.54) is 6.07 Å². The quantitative estimate of drug-likeness (QED) is 0.724. The fourth-order valence-corrected chi connectivity index (χ4v) is 2.03. The molecule has 0 saturated carbocycles. The summed E-state index contributed by atoms with van der Waals surface area (Å²) in [5, 5.41) is 10.0. The average Bonchev–Trinajstić information content (AvgIpc) is 2.29. The SMILES string of the molecule is CC1(C)C=Cc2c(ccc3cc(O)c(=O)oc23)O1. The van der Waals surface area contributed by atoms with E-state index >= 15 is 0 Å². The van der Waals surface area contributed by atoms with Gasteiger partial charge < -0.3 is 14.3 Å². The molecule has 0 atom stereocenters. The topological polar surface area (TPSA) is 59.7 Å². The third-order valence-electron chi connectivity index (χ3n) is 2.91. The molecule has 92 valence electrons. The molecule has 1 aromatic heterocycles. The summed E-state index contributed by atoms with van der Waals surface area (Å²) in [6.07, 6.45) is 3.78. The largest absolute Gasteiger partial charge is 0.502 e. The molecule has 0 saturated heterocycles. The highest BCUT2D eigenvalue weighted by Gasteiger charge is 2.23. The average molecular weight is 244 g/mol. The predicted octanol–water partition coefficient (Wildman–Crippen LogP) is 2.68. The molecular weight excluding hydrogens is 232 g/mol. The Morgan fingerprint density at radius 1 is 1.28 bits per heavy atom. The monoisotopic (exact) mass is 244 g/mol. The molecule has 2 heterocycles. The third kappa shape index (κ3) is 1.57. The van der Waals surface area contributed by atoms with Gasteiger partial charge in [0.15, 0.2) is 0 Å². The van der Waals surface area contributed by atoms with Crippen molar-refractivity contribution >= 4 is 17.0 Å². The molecule has 1 N–H and O–H groups in total. The lowest BCUT2D eigenvalue weighted by Crippen LogP contribution is -2.27. The van der Waals surface area contributed by atoms with Crippen molar-refractivity contribution in [3.05, 3.63) is 40.3 Å². The number of fused-ring (bicyclic) bond motifs is 3. The van der Waals surface area contributed by atoms with Crippen LogP contribution in [0.15, 0.2) is 33.5 Å². The van der Waals surface area contributed by atoms with E-state index in [2.05, 4.69) is 0 Å². The van der Waals surface area contributed by atoms with Crippen LogP contribution in [0.1, 0.15) is 19.4 Å². The van der Waals surface area contributed by atoms with Crippen LogP contribution in [-0.2, 0) is 0 Å². The Morgan fingerprint density at radius 2 is 2.06 bits per heavy atom. The lowest BCUT2D eigenvalue weighted by atomic mass is 10.0. The Bertz CT molecular complexity index is 722. The lowest BCUT2D eigenvalue weighted by Gasteiger charge is -2.27. The first-order chi connectivity index (χ1) is 8.46. The summed E-state index contributed by atoms with van der Waals surface area (Å²) in [5.74, 6) is 0.285. The van der Waals surface area contributed by atoms with Gasteiger partial charge in [-0.05, 0) is 44.2 Å². The summed E-state index contributed by atoms with van der Waals surface area (Å²) in [6.45, 7) is 3.90. The van der Waals surface area contributed by atoms with E-state index in [1.54, 1.807) is 6.07 Å². The van der Waals surface area contributed by atoms with E-state index in [-0.39, 0.29) is 11.4 Å². The van der Waals surface area contributed by atoms with E-state index in [0.717, 1.165) is 5.56 Å². The molecule has 4 nitrogen and oxygen atoms in total. The molecule has 1 aliphatic rings. The maximum atomic E-state index is 11.4. The van der Waals surface area contributed by atoms with Gasteiger partial charge in [-0.25, -0.2) is 4.79 Å². The van der Waals surface area contributed by atoms with Crippen molar-refractivity contribution in [3.8, 4) is 11.5 Å². The minimum Gasteiger partial charge on any atom is -0.502 e. The second kappa shape index (κ2) is 3.38. The fourth-order valence-electron chi connectivity index (χ4n) is 2.03. The minimum atomic E-state index is -0.742. The predicted molar refractivity (Wildman–Crippen MR) is 67.9 cm³/mol. The lowest BCUT2D eigenvalue weighted by molar-refractivity contribution is 0.159. The van der Waals surface area contributed by atoms with Crippen LogP contribution in [0.2, 0.25) is 0 Å². The van der Waals surface area contributed by atoms with E-state index < -0.39 is 5.63 Å². The molecule has 18 heavy (non-hydrogen) atoms. The Balaban J connectivity index is 2.34. The van der Waals surface area contributed by atoms with Crippen LogP contribution in [0.25, 0.3) is 17.0 Å². The first-order valence-corrected chi connectivity index (χ1v) is 5.64. The van der Waals surface area contributed by atoms with Crippen molar-refractivity contribution in [2.24, 2.45) is 0 Å². The first-order valence-electron chi connectivity index (χ1n) is 5.64. The van der Waals surface area contributed by atoms with Crippen LogP contribution < -0.4 is 10.4 Å². The number of hydrogen-bond donors (Lipinski definition) is 1. The number of benzene rings is 1. The maximum Gasteiger partial charge on any atom is 0.378 e. The molecule has 0 bridgehead atoms. The van der Waals surface area contributed by atoms with Crippen molar-refractivity contribution in [1.82, 2.24) is 0 Å². The Labute approximate surface area is 103 Å². The van der Waals surface area contributed by atoms with Crippen molar-refractivity contribution in [1.29, 1.82) is 0 Å². The molecular formula is C14H12O4. The van der Waals surface area contributed by atoms with Crippen molar-refractivity contribution in [2.45, 2.75) is 19.4 Å². The Hall–Kier alpha value is -2.23. The molecule has 1 aliphatic heterocycles. The van der Waals surface area contributed by atoms with Gasteiger partial charge in [0.1, 0.15) is 16.9 Å². The van der Waals surface area contributed by atoms with E-state index in [4.69, 9.17) is 9.15 Å². The molecule has 1 aromatic carbocycles. The Morgan fingerprint density at radius 3 is 2.83 bits per heavy atom. The number of rotatable bonds is 0. The van der Waals surface area contributed by atoms with Crippen molar-refractivity contribution in [3.63, 3.8) is 0 Å². The summed E-state index contributed by atoms with van der Waals surface area (Å²) in [4.78, 5) is 11.4. The molecule has 0 fully saturated rings. The molecule has 0 unspecified atom stereocenters. The van der Waals surface area contributed by atoms with Crippen LogP contribution in [0, 0.1) is 0 Å². The van der Waals surface area contributed by atoms with Gasteiger partial charge in [-0.1, -0.05) is 0 Å². The number of aromatic hydroxyl groups is 1. The van der Waals surface area contributed by atoms with E-state index in [1.807, 2.05) is 32.1 Å². The highest BCUT2D eigenvalue weighted by atomic mass is 16.5. The standard InChI is InChI=1S/C14H12O4/c1-14(2)6-5-9-11(18-14)4-3-8-7-10(15)13(16)17-12(8)9/h3-7,15H,1-2H3. The van der Waals surface area contributed by atoms with Gasteiger partial charge in [-0.2, -0.15) is 0 Å². The fraction of sp³-hybridized carbons (Fsp3) is 0.214. The normalized spacial score (nSPS) is 16.3. The third-order valence-corrected chi connectivity index (χ3v) is 2.91. The molecule has 0 aliphatic carbocycles. The molecule has 0 spiro atoms.